The largest absolute Gasteiger partial charge is 0.398 e. The smallest absolute Gasteiger partial charge is 0.245 e. The fourth-order valence-corrected chi connectivity index (χ4v) is 4.65. The zero-order valence-corrected chi connectivity index (χ0v) is 12.3. The summed E-state index contributed by atoms with van der Waals surface area (Å²) < 4.78 is 27.1. The van der Waals surface area contributed by atoms with Gasteiger partial charge in [-0.15, -0.1) is 0 Å². The molecule has 1 saturated heterocycles. The van der Waals surface area contributed by atoms with Gasteiger partial charge in [-0.3, -0.25) is 4.98 Å². The number of hydrogen-bond donors (Lipinski definition) is 2. The topological polar surface area (TPSA) is 96.5 Å². The first kappa shape index (κ1) is 14.2. The molecule has 2 aromatic rings. The molecule has 3 N–H and O–H groups in total. The van der Waals surface area contributed by atoms with Gasteiger partial charge < -0.3 is 10.8 Å². The Labute approximate surface area is 123 Å². The van der Waals surface area contributed by atoms with Gasteiger partial charge >= 0.3 is 0 Å². The van der Waals surface area contributed by atoms with E-state index in [0.717, 1.165) is 6.42 Å². The van der Waals surface area contributed by atoms with Crippen LogP contribution in [0.25, 0.3) is 10.9 Å². The van der Waals surface area contributed by atoms with Gasteiger partial charge in [0, 0.05) is 29.9 Å². The van der Waals surface area contributed by atoms with E-state index in [-0.39, 0.29) is 17.5 Å². The molecule has 1 atom stereocenters. The minimum atomic E-state index is -3.69. The molecule has 0 radical (unpaired) electrons. The molecule has 21 heavy (non-hydrogen) atoms. The van der Waals surface area contributed by atoms with Crippen molar-refractivity contribution >= 4 is 26.6 Å². The van der Waals surface area contributed by atoms with Gasteiger partial charge in [0.25, 0.3) is 0 Å². The summed E-state index contributed by atoms with van der Waals surface area (Å²) in [5.41, 5.74) is 6.76. The third kappa shape index (κ3) is 2.27. The van der Waals surface area contributed by atoms with Crippen LogP contribution in [0.1, 0.15) is 12.8 Å². The molecule has 0 amide bonds. The van der Waals surface area contributed by atoms with Crippen LogP contribution in [0, 0.1) is 0 Å². The molecule has 2 heterocycles. The van der Waals surface area contributed by atoms with E-state index in [9.17, 15) is 13.5 Å². The number of anilines is 1. The van der Waals surface area contributed by atoms with Crippen LogP contribution in [0.4, 0.5) is 5.69 Å². The van der Waals surface area contributed by atoms with Crippen LogP contribution in [0.15, 0.2) is 35.4 Å². The van der Waals surface area contributed by atoms with Gasteiger partial charge in [-0.2, -0.15) is 4.31 Å². The predicted molar refractivity (Wildman–Crippen MR) is 80.2 cm³/mol. The molecule has 0 bridgehead atoms. The Hall–Kier alpha value is -1.70. The molecule has 7 heteroatoms. The molecule has 1 aromatic carbocycles. The molecule has 1 fully saturated rings. The van der Waals surface area contributed by atoms with Gasteiger partial charge in [0.2, 0.25) is 10.0 Å². The quantitative estimate of drug-likeness (QED) is 0.823. The van der Waals surface area contributed by atoms with Gasteiger partial charge in [-0.05, 0) is 37.1 Å². The summed E-state index contributed by atoms with van der Waals surface area (Å²) in [5, 5.41) is 9.99. The lowest BCUT2D eigenvalue weighted by molar-refractivity contribution is 0.213. The van der Waals surface area contributed by atoms with Crippen molar-refractivity contribution in [1.29, 1.82) is 0 Å². The van der Waals surface area contributed by atoms with E-state index in [1.807, 2.05) is 0 Å². The average molecular weight is 307 g/mol. The number of nitrogen functional groups attached to an aromatic ring is 1. The molecule has 0 saturated carbocycles. The normalized spacial score (nSPS) is 20.1. The first-order valence-corrected chi connectivity index (χ1v) is 8.25. The molecule has 3 rings (SSSR count). The van der Waals surface area contributed by atoms with E-state index in [0.29, 0.717) is 29.6 Å². The van der Waals surface area contributed by atoms with Crippen molar-refractivity contribution in [3.63, 3.8) is 0 Å². The van der Waals surface area contributed by atoms with Crippen molar-refractivity contribution in [2.24, 2.45) is 0 Å². The van der Waals surface area contributed by atoms with E-state index < -0.39 is 10.0 Å². The van der Waals surface area contributed by atoms with Crippen molar-refractivity contribution in [2.45, 2.75) is 23.8 Å². The number of nitrogens with two attached hydrogens (primary N) is 1. The number of rotatable bonds is 3. The van der Waals surface area contributed by atoms with Crippen LogP contribution in [0.2, 0.25) is 0 Å². The van der Waals surface area contributed by atoms with Crippen LogP contribution < -0.4 is 5.73 Å². The van der Waals surface area contributed by atoms with Gasteiger partial charge in [-0.25, -0.2) is 8.42 Å². The SMILES string of the molecule is Nc1ccc(S(=O)(=O)N2CCC[C@H]2CO)c2ncccc12. The molecule has 112 valence electrons. The van der Waals surface area contributed by atoms with Crippen molar-refractivity contribution in [3.05, 3.63) is 30.5 Å². The number of aliphatic hydroxyl groups excluding tert-OH is 1. The minimum absolute atomic E-state index is 0.146. The Morgan fingerprint density at radius 3 is 2.95 bits per heavy atom. The zero-order valence-electron chi connectivity index (χ0n) is 11.4. The van der Waals surface area contributed by atoms with E-state index in [1.165, 1.54) is 10.4 Å². The highest BCUT2D eigenvalue weighted by molar-refractivity contribution is 7.89. The fourth-order valence-electron chi connectivity index (χ4n) is 2.81. The molecule has 1 aliphatic heterocycles. The third-order valence-corrected chi connectivity index (χ3v) is 5.87. The second-order valence-electron chi connectivity index (χ2n) is 5.15. The Morgan fingerprint density at radius 2 is 2.19 bits per heavy atom. The maximum atomic E-state index is 12.9. The van der Waals surface area contributed by atoms with Gasteiger partial charge in [0.05, 0.1) is 12.1 Å². The lowest BCUT2D eigenvalue weighted by atomic mass is 10.2. The second-order valence-corrected chi connectivity index (χ2v) is 7.01. The van der Waals surface area contributed by atoms with E-state index in [2.05, 4.69) is 4.98 Å². The summed E-state index contributed by atoms with van der Waals surface area (Å²) in [6.45, 7) is 0.256. The summed E-state index contributed by atoms with van der Waals surface area (Å²) in [4.78, 5) is 4.33. The predicted octanol–water partition coefficient (Wildman–Crippen LogP) is 0.962. The Morgan fingerprint density at radius 1 is 1.38 bits per heavy atom. The molecular formula is C14H17N3O3S. The van der Waals surface area contributed by atoms with Gasteiger partial charge in [0.1, 0.15) is 4.90 Å². The van der Waals surface area contributed by atoms with E-state index in [4.69, 9.17) is 5.73 Å². The number of benzene rings is 1. The van der Waals surface area contributed by atoms with Crippen molar-refractivity contribution in [1.82, 2.24) is 9.29 Å². The van der Waals surface area contributed by atoms with Gasteiger partial charge in [0.15, 0.2) is 0 Å². The standard InChI is InChI=1S/C14H17N3O3S/c15-12-5-6-13(14-11(12)4-1-7-16-14)21(19,20)17-8-2-3-10(17)9-18/h1,4-7,10,18H,2-3,8-9,15H2/t10-/m0/s1. The number of hydrogen-bond acceptors (Lipinski definition) is 5. The maximum Gasteiger partial charge on any atom is 0.245 e. The van der Waals surface area contributed by atoms with E-state index in [1.54, 1.807) is 24.4 Å². The van der Waals surface area contributed by atoms with Crippen molar-refractivity contribution in [2.75, 3.05) is 18.9 Å². The van der Waals surface area contributed by atoms with E-state index >= 15 is 0 Å². The number of sulfonamides is 1. The molecule has 1 aliphatic rings. The van der Waals surface area contributed by atoms with Gasteiger partial charge in [-0.1, -0.05) is 0 Å². The average Bonchev–Trinajstić information content (AvgIpc) is 2.97. The number of aliphatic hydroxyl groups is 1. The van der Waals surface area contributed by atoms with Crippen molar-refractivity contribution < 1.29 is 13.5 Å². The van der Waals surface area contributed by atoms with Crippen LogP contribution in [-0.2, 0) is 10.0 Å². The lowest BCUT2D eigenvalue weighted by Gasteiger charge is -2.23. The number of nitrogens with zero attached hydrogens (tertiary/aromatic N) is 2. The summed E-state index contributed by atoms with van der Waals surface area (Å²) in [7, 11) is -3.69. The fraction of sp³-hybridized carbons (Fsp3) is 0.357. The summed E-state index contributed by atoms with van der Waals surface area (Å²) in [6, 6.07) is 6.20. The van der Waals surface area contributed by atoms with Crippen LogP contribution in [0.3, 0.4) is 0 Å². The first-order valence-electron chi connectivity index (χ1n) is 6.81. The van der Waals surface area contributed by atoms with Crippen LogP contribution in [-0.4, -0.2) is 42.0 Å². The molecular weight excluding hydrogens is 290 g/mol. The first-order chi connectivity index (χ1) is 10.1. The molecule has 0 unspecified atom stereocenters. The summed E-state index contributed by atoms with van der Waals surface area (Å²) in [6.07, 6.45) is 2.98. The van der Waals surface area contributed by atoms with Crippen LogP contribution >= 0.6 is 0 Å². The Bertz CT molecular complexity index is 776. The highest BCUT2D eigenvalue weighted by Gasteiger charge is 2.36. The maximum absolute atomic E-state index is 12.9. The number of aromatic nitrogens is 1. The lowest BCUT2D eigenvalue weighted by Crippen LogP contribution is -2.37. The second kappa shape index (κ2) is 5.25. The molecule has 6 nitrogen and oxygen atoms in total. The highest BCUT2D eigenvalue weighted by Crippen LogP contribution is 2.31. The van der Waals surface area contributed by atoms with Crippen molar-refractivity contribution in [3.8, 4) is 0 Å². The molecule has 0 spiro atoms. The monoisotopic (exact) mass is 307 g/mol. The number of fused-ring (bicyclic) bond motifs is 1. The third-order valence-electron chi connectivity index (χ3n) is 3.89. The highest BCUT2D eigenvalue weighted by atomic mass is 32.2. The Balaban J connectivity index is 2.18. The number of pyridine rings is 1. The Kier molecular flexibility index (Phi) is 3.56. The molecule has 0 aliphatic carbocycles. The molecule has 1 aromatic heterocycles. The minimum Gasteiger partial charge on any atom is -0.398 e. The zero-order chi connectivity index (χ0) is 15.0. The van der Waals surface area contributed by atoms with Crippen LogP contribution in [0.5, 0.6) is 0 Å². The summed E-state index contributed by atoms with van der Waals surface area (Å²) in [5.74, 6) is 0. The summed E-state index contributed by atoms with van der Waals surface area (Å²) >= 11 is 0.